The summed E-state index contributed by atoms with van der Waals surface area (Å²) in [7, 11) is 1.72. The van der Waals surface area contributed by atoms with Gasteiger partial charge in [0.1, 0.15) is 5.69 Å². The second-order valence-corrected chi connectivity index (χ2v) is 5.04. The molecule has 1 N–H and O–H groups in total. The van der Waals surface area contributed by atoms with E-state index >= 15 is 0 Å². The topological polar surface area (TPSA) is 73.0 Å². The molecule has 0 unspecified atom stereocenters. The third-order valence-corrected chi connectivity index (χ3v) is 3.40. The molecule has 0 aliphatic rings. The van der Waals surface area contributed by atoms with Gasteiger partial charge in [-0.15, -0.1) is 0 Å². The summed E-state index contributed by atoms with van der Waals surface area (Å²) in [6, 6.07) is 8.25. The van der Waals surface area contributed by atoms with Crippen molar-refractivity contribution in [2.45, 2.75) is 26.7 Å². The second-order valence-electron chi connectivity index (χ2n) is 5.04. The van der Waals surface area contributed by atoms with Crippen molar-refractivity contribution in [3.63, 3.8) is 0 Å². The van der Waals surface area contributed by atoms with Crippen LogP contribution in [0.4, 0.5) is 11.5 Å². The number of aromatic nitrogens is 2. The minimum atomic E-state index is -0.360. The molecule has 0 spiro atoms. The van der Waals surface area contributed by atoms with Crippen molar-refractivity contribution in [2.24, 2.45) is 7.05 Å². The molecule has 21 heavy (non-hydrogen) atoms. The van der Waals surface area contributed by atoms with Gasteiger partial charge in [-0.25, -0.2) is 4.68 Å². The number of rotatable bonds is 6. The molecule has 0 radical (unpaired) electrons. The van der Waals surface area contributed by atoms with Crippen molar-refractivity contribution in [2.75, 3.05) is 11.9 Å². The zero-order valence-electron chi connectivity index (χ0n) is 12.6. The fourth-order valence-corrected chi connectivity index (χ4v) is 2.39. The predicted octanol–water partition coefficient (Wildman–Crippen LogP) is 2.85. The fraction of sp³-hybridized carbons (Fsp3) is 0.400. The molecule has 2 rings (SSSR count). The molecule has 0 fully saturated rings. The first-order chi connectivity index (χ1) is 10.0. The van der Waals surface area contributed by atoms with Gasteiger partial charge in [0, 0.05) is 13.6 Å². The van der Waals surface area contributed by atoms with Crippen molar-refractivity contribution < 1.29 is 4.92 Å². The smallest absolute Gasteiger partial charge is 0.333 e. The van der Waals surface area contributed by atoms with E-state index in [0.29, 0.717) is 24.5 Å². The summed E-state index contributed by atoms with van der Waals surface area (Å²) in [6.45, 7) is 4.55. The van der Waals surface area contributed by atoms with Gasteiger partial charge in [0.25, 0.3) is 0 Å². The van der Waals surface area contributed by atoms with Gasteiger partial charge < -0.3 is 5.32 Å². The van der Waals surface area contributed by atoms with Gasteiger partial charge in [-0.3, -0.25) is 10.1 Å². The van der Waals surface area contributed by atoms with E-state index in [4.69, 9.17) is 0 Å². The average molecular weight is 288 g/mol. The Bertz CT molecular complexity index is 649. The maximum absolute atomic E-state index is 11.2. The highest BCUT2D eigenvalue weighted by atomic mass is 16.6. The highest BCUT2D eigenvalue weighted by molar-refractivity contribution is 5.59. The molecule has 6 nitrogen and oxygen atoms in total. The van der Waals surface area contributed by atoms with Crippen molar-refractivity contribution >= 4 is 11.5 Å². The van der Waals surface area contributed by atoms with Crippen LogP contribution in [0, 0.1) is 17.0 Å². The summed E-state index contributed by atoms with van der Waals surface area (Å²) in [6.07, 6.45) is 1.36. The summed E-state index contributed by atoms with van der Waals surface area (Å²) in [5.74, 6) is 0.476. The lowest BCUT2D eigenvalue weighted by molar-refractivity contribution is -0.384. The monoisotopic (exact) mass is 288 g/mol. The highest BCUT2D eigenvalue weighted by Gasteiger charge is 2.25. The molecule has 0 aliphatic carbocycles. The van der Waals surface area contributed by atoms with E-state index in [-0.39, 0.29) is 10.6 Å². The van der Waals surface area contributed by atoms with Gasteiger partial charge in [0.05, 0.1) is 4.92 Å². The first-order valence-corrected chi connectivity index (χ1v) is 7.02. The largest absolute Gasteiger partial charge is 0.364 e. The molecule has 0 saturated heterocycles. The number of aryl methyl sites for hydroxylation is 3. The molecular formula is C15H20N4O2. The first kappa shape index (κ1) is 15.0. The van der Waals surface area contributed by atoms with Crippen LogP contribution in [0.3, 0.4) is 0 Å². The van der Waals surface area contributed by atoms with E-state index < -0.39 is 0 Å². The fourth-order valence-electron chi connectivity index (χ4n) is 2.39. The zero-order chi connectivity index (χ0) is 15.4. The van der Waals surface area contributed by atoms with Crippen LogP contribution in [0.25, 0.3) is 0 Å². The SMILES string of the molecule is CCc1nn(C)c(NCCc2cccc(C)c2)c1[N+](=O)[O-]. The van der Waals surface area contributed by atoms with Gasteiger partial charge in [-0.1, -0.05) is 36.8 Å². The standard InChI is InChI=1S/C15H20N4O2/c1-4-13-14(19(20)21)15(18(3)17-13)16-9-8-12-7-5-6-11(2)10-12/h5-7,10,16H,4,8-9H2,1-3H3. The maximum Gasteiger partial charge on any atom is 0.333 e. The van der Waals surface area contributed by atoms with E-state index in [0.717, 1.165) is 6.42 Å². The maximum atomic E-state index is 11.2. The quantitative estimate of drug-likeness (QED) is 0.655. The van der Waals surface area contributed by atoms with Crippen LogP contribution >= 0.6 is 0 Å². The van der Waals surface area contributed by atoms with Crippen LogP contribution in [0.1, 0.15) is 23.7 Å². The number of benzene rings is 1. The Morgan fingerprint density at radius 3 is 2.81 bits per heavy atom. The van der Waals surface area contributed by atoms with Gasteiger partial charge in [-0.05, 0) is 25.3 Å². The summed E-state index contributed by atoms with van der Waals surface area (Å²) >= 11 is 0. The Morgan fingerprint density at radius 1 is 1.43 bits per heavy atom. The Balaban J connectivity index is 2.10. The van der Waals surface area contributed by atoms with Crippen LogP contribution in [-0.4, -0.2) is 21.2 Å². The first-order valence-electron chi connectivity index (χ1n) is 7.02. The van der Waals surface area contributed by atoms with E-state index in [1.165, 1.54) is 11.1 Å². The molecule has 1 heterocycles. The number of anilines is 1. The molecule has 0 bridgehead atoms. The molecule has 0 saturated carbocycles. The molecule has 0 atom stereocenters. The minimum absolute atomic E-state index is 0.0873. The molecule has 1 aromatic carbocycles. The molecule has 1 aromatic heterocycles. The van der Waals surface area contributed by atoms with Gasteiger partial charge in [0.2, 0.25) is 5.82 Å². The van der Waals surface area contributed by atoms with Crippen LogP contribution in [-0.2, 0) is 19.9 Å². The Hall–Kier alpha value is -2.37. The van der Waals surface area contributed by atoms with Crippen molar-refractivity contribution in [1.82, 2.24) is 9.78 Å². The number of hydrogen-bond acceptors (Lipinski definition) is 4. The van der Waals surface area contributed by atoms with Crippen LogP contribution in [0.5, 0.6) is 0 Å². The average Bonchev–Trinajstić information content (AvgIpc) is 2.75. The Labute approximate surface area is 123 Å². The number of nitro groups is 1. The molecule has 0 amide bonds. The molecule has 2 aromatic rings. The number of hydrogen-bond donors (Lipinski definition) is 1. The van der Waals surface area contributed by atoms with E-state index in [9.17, 15) is 10.1 Å². The van der Waals surface area contributed by atoms with Gasteiger partial charge in [0.15, 0.2) is 0 Å². The Morgan fingerprint density at radius 2 is 2.19 bits per heavy atom. The zero-order valence-corrected chi connectivity index (χ0v) is 12.6. The molecule has 0 aliphatic heterocycles. The second kappa shape index (κ2) is 6.39. The summed E-state index contributed by atoms with van der Waals surface area (Å²) in [5, 5.41) is 18.6. The summed E-state index contributed by atoms with van der Waals surface area (Å²) in [5.41, 5.74) is 3.03. The third kappa shape index (κ3) is 3.39. The van der Waals surface area contributed by atoms with Crippen LogP contribution < -0.4 is 5.32 Å². The predicted molar refractivity (Wildman–Crippen MR) is 82.6 cm³/mol. The van der Waals surface area contributed by atoms with Crippen LogP contribution in [0.15, 0.2) is 24.3 Å². The lowest BCUT2D eigenvalue weighted by Gasteiger charge is -2.06. The normalized spacial score (nSPS) is 10.6. The van der Waals surface area contributed by atoms with Crippen LogP contribution in [0.2, 0.25) is 0 Å². The van der Waals surface area contributed by atoms with Gasteiger partial charge in [-0.2, -0.15) is 5.10 Å². The lowest BCUT2D eigenvalue weighted by atomic mass is 10.1. The minimum Gasteiger partial charge on any atom is -0.364 e. The molecular weight excluding hydrogens is 268 g/mol. The summed E-state index contributed by atoms with van der Waals surface area (Å²) in [4.78, 5) is 10.8. The molecule has 6 heteroatoms. The molecule has 112 valence electrons. The van der Waals surface area contributed by atoms with E-state index in [1.54, 1.807) is 11.7 Å². The third-order valence-electron chi connectivity index (χ3n) is 3.40. The highest BCUT2D eigenvalue weighted by Crippen LogP contribution is 2.28. The van der Waals surface area contributed by atoms with Crippen molar-refractivity contribution in [1.29, 1.82) is 0 Å². The van der Waals surface area contributed by atoms with Crippen molar-refractivity contribution in [3.8, 4) is 0 Å². The van der Waals surface area contributed by atoms with E-state index in [2.05, 4.69) is 35.5 Å². The number of nitrogens with one attached hydrogen (secondary N) is 1. The summed E-state index contributed by atoms with van der Waals surface area (Å²) < 4.78 is 1.55. The number of nitrogens with zero attached hydrogens (tertiary/aromatic N) is 3. The lowest BCUT2D eigenvalue weighted by Crippen LogP contribution is -2.10. The van der Waals surface area contributed by atoms with Gasteiger partial charge >= 0.3 is 5.69 Å². The Kier molecular flexibility index (Phi) is 4.57. The van der Waals surface area contributed by atoms with E-state index in [1.807, 2.05) is 13.0 Å². The van der Waals surface area contributed by atoms with Crippen molar-refractivity contribution in [3.05, 3.63) is 51.2 Å².